The molecule has 2 unspecified atom stereocenters. The van der Waals surface area contributed by atoms with Crippen LogP contribution in [0, 0.1) is 5.92 Å². The molecule has 0 saturated heterocycles. The fourth-order valence-electron chi connectivity index (χ4n) is 1.06. The summed E-state index contributed by atoms with van der Waals surface area (Å²) >= 11 is 0. The smallest absolute Gasteiger partial charge is 0.315 e. The van der Waals surface area contributed by atoms with Crippen molar-refractivity contribution in [2.24, 2.45) is 5.92 Å². The highest BCUT2D eigenvalue weighted by Gasteiger charge is 2.22. The molecule has 0 bridgehead atoms. The fraction of sp³-hybridized carbons (Fsp3) is 0.400. The van der Waals surface area contributed by atoms with Crippen molar-refractivity contribution in [1.82, 2.24) is 5.32 Å². The maximum Gasteiger partial charge on any atom is 0.315 e. The van der Waals surface area contributed by atoms with Gasteiger partial charge in [-0.3, -0.25) is 9.59 Å². The van der Waals surface area contributed by atoms with Gasteiger partial charge in [-0.25, -0.2) is 0 Å². The largest absolute Gasteiger partial charge is 0.481 e. The van der Waals surface area contributed by atoms with Crippen molar-refractivity contribution in [3.63, 3.8) is 0 Å². The number of hydrogen-bond acceptors (Lipinski definition) is 3. The summed E-state index contributed by atoms with van der Waals surface area (Å²) in [6.07, 6.45) is 1.50. The van der Waals surface area contributed by atoms with Gasteiger partial charge in [0.05, 0.1) is 12.3 Å². The number of carbonyl (C=O) groups excluding carboxylic acids is 1. The van der Waals surface area contributed by atoms with Crippen molar-refractivity contribution >= 4 is 11.9 Å². The molecule has 15 heavy (non-hydrogen) atoms. The number of amides is 1. The van der Waals surface area contributed by atoms with Gasteiger partial charge in [0.2, 0.25) is 5.91 Å². The Morgan fingerprint density at radius 2 is 2.13 bits per heavy atom. The molecule has 82 valence electrons. The number of carbonyl (C=O) groups is 2. The van der Waals surface area contributed by atoms with E-state index in [0.29, 0.717) is 5.76 Å². The van der Waals surface area contributed by atoms with Crippen LogP contribution in [0.1, 0.15) is 25.6 Å². The van der Waals surface area contributed by atoms with Crippen molar-refractivity contribution in [3.8, 4) is 0 Å². The van der Waals surface area contributed by atoms with Gasteiger partial charge in [-0.2, -0.15) is 0 Å². The highest BCUT2D eigenvalue weighted by Crippen LogP contribution is 2.12. The molecule has 0 spiro atoms. The van der Waals surface area contributed by atoms with Crippen LogP contribution in [0.15, 0.2) is 22.8 Å². The number of hydrogen-bond donors (Lipinski definition) is 2. The first-order valence-corrected chi connectivity index (χ1v) is 4.59. The molecule has 0 aromatic carbocycles. The third kappa shape index (κ3) is 2.83. The highest BCUT2D eigenvalue weighted by molar-refractivity contribution is 5.96. The zero-order chi connectivity index (χ0) is 11.4. The normalized spacial score (nSPS) is 14.3. The molecule has 1 rings (SSSR count). The lowest BCUT2D eigenvalue weighted by molar-refractivity contribution is -0.146. The summed E-state index contributed by atoms with van der Waals surface area (Å²) in [7, 11) is 0. The lowest BCUT2D eigenvalue weighted by Gasteiger charge is -2.13. The quantitative estimate of drug-likeness (QED) is 0.733. The second-order valence-corrected chi connectivity index (χ2v) is 3.31. The molecule has 1 amide bonds. The number of nitrogens with one attached hydrogen (secondary N) is 1. The second-order valence-electron chi connectivity index (χ2n) is 3.31. The van der Waals surface area contributed by atoms with Crippen LogP contribution in [0.4, 0.5) is 0 Å². The lowest BCUT2D eigenvalue weighted by atomic mass is 10.1. The van der Waals surface area contributed by atoms with E-state index in [1.54, 1.807) is 19.1 Å². The molecule has 0 radical (unpaired) electrons. The first-order chi connectivity index (χ1) is 7.02. The van der Waals surface area contributed by atoms with Crippen LogP contribution in [0.3, 0.4) is 0 Å². The molecule has 5 nitrogen and oxygen atoms in total. The van der Waals surface area contributed by atoms with Crippen LogP contribution in [0.2, 0.25) is 0 Å². The van der Waals surface area contributed by atoms with E-state index in [2.05, 4.69) is 5.32 Å². The van der Waals surface area contributed by atoms with Gasteiger partial charge in [-0.1, -0.05) is 0 Å². The van der Waals surface area contributed by atoms with Crippen LogP contribution in [-0.2, 0) is 9.59 Å². The van der Waals surface area contributed by atoms with Crippen molar-refractivity contribution in [1.29, 1.82) is 0 Å². The molecule has 2 atom stereocenters. The predicted octanol–water partition coefficient (Wildman–Crippen LogP) is 1.18. The van der Waals surface area contributed by atoms with Crippen molar-refractivity contribution in [2.75, 3.05) is 0 Å². The summed E-state index contributed by atoms with van der Waals surface area (Å²) in [6.45, 7) is 3.07. The Kier molecular flexibility index (Phi) is 3.49. The average Bonchev–Trinajstić information content (AvgIpc) is 2.68. The van der Waals surface area contributed by atoms with E-state index < -0.39 is 17.8 Å². The molecular formula is C10H13NO4. The van der Waals surface area contributed by atoms with Gasteiger partial charge >= 0.3 is 5.97 Å². The number of carboxylic acid groups (broad SMARTS) is 1. The minimum absolute atomic E-state index is 0.325. The zero-order valence-electron chi connectivity index (χ0n) is 8.56. The Balaban J connectivity index is 2.56. The van der Waals surface area contributed by atoms with Crippen LogP contribution in [-0.4, -0.2) is 17.0 Å². The molecule has 0 fully saturated rings. The molecule has 0 aliphatic carbocycles. The molecule has 1 aromatic rings. The molecule has 5 heteroatoms. The van der Waals surface area contributed by atoms with E-state index in [-0.39, 0.29) is 6.04 Å². The summed E-state index contributed by atoms with van der Waals surface area (Å²) < 4.78 is 5.07. The Morgan fingerprint density at radius 3 is 2.60 bits per heavy atom. The summed E-state index contributed by atoms with van der Waals surface area (Å²) in [5.41, 5.74) is 0. The third-order valence-corrected chi connectivity index (χ3v) is 2.09. The predicted molar refractivity (Wildman–Crippen MR) is 52.1 cm³/mol. The topological polar surface area (TPSA) is 79.5 Å². The first kappa shape index (κ1) is 11.3. The Labute approximate surface area is 87.1 Å². The minimum Gasteiger partial charge on any atom is -0.481 e. The molecular weight excluding hydrogens is 198 g/mol. The van der Waals surface area contributed by atoms with Crippen LogP contribution in [0.25, 0.3) is 0 Å². The second kappa shape index (κ2) is 4.63. The van der Waals surface area contributed by atoms with E-state index in [9.17, 15) is 9.59 Å². The van der Waals surface area contributed by atoms with Gasteiger partial charge in [-0.05, 0) is 26.0 Å². The summed E-state index contributed by atoms with van der Waals surface area (Å²) in [5, 5.41) is 11.2. The van der Waals surface area contributed by atoms with Gasteiger partial charge < -0.3 is 14.8 Å². The Morgan fingerprint density at radius 1 is 1.47 bits per heavy atom. The summed E-state index contributed by atoms with van der Waals surface area (Å²) in [5.74, 6) is -2.12. The van der Waals surface area contributed by atoms with E-state index in [1.165, 1.54) is 13.2 Å². The number of aliphatic carboxylic acids is 1. The molecule has 0 aliphatic rings. The van der Waals surface area contributed by atoms with Crippen molar-refractivity contribution in [3.05, 3.63) is 24.2 Å². The van der Waals surface area contributed by atoms with Gasteiger partial charge in [0.1, 0.15) is 11.7 Å². The number of furan rings is 1. The maximum atomic E-state index is 11.4. The lowest BCUT2D eigenvalue weighted by Crippen LogP contribution is -2.35. The van der Waals surface area contributed by atoms with Gasteiger partial charge in [-0.15, -0.1) is 0 Å². The molecule has 1 aromatic heterocycles. The first-order valence-electron chi connectivity index (χ1n) is 4.59. The maximum absolute atomic E-state index is 11.4. The fourth-order valence-corrected chi connectivity index (χ4v) is 1.06. The molecule has 2 N–H and O–H groups in total. The summed E-state index contributed by atoms with van der Waals surface area (Å²) in [4.78, 5) is 21.9. The van der Waals surface area contributed by atoms with E-state index in [1.807, 2.05) is 0 Å². The summed E-state index contributed by atoms with van der Waals surface area (Å²) in [6, 6.07) is 3.10. The zero-order valence-corrected chi connectivity index (χ0v) is 8.56. The van der Waals surface area contributed by atoms with E-state index in [0.717, 1.165) is 0 Å². The molecule has 0 saturated carbocycles. The standard InChI is InChI=1S/C10H13NO4/c1-6(10(13)14)9(12)11-7(2)8-4-3-5-15-8/h3-7H,1-2H3,(H,11,12)(H,13,14). The Bertz CT molecular complexity index is 344. The molecule has 1 heterocycles. The van der Waals surface area contributed by atoms with Crippen LogP contribution < -0.4 is 5.32 Å². The molecule has 0 aliphatic heterocycles. The van der Waals surface area contributed by atoms with Gasteiger partial charge in [0.25, 0.3) is 0 Å². The monoisotopic (exact) mass is 211 g/mol. The average molecular weight is 211 g/mol. The van der Waals surface area contributed by atoms with Gasteiger partial charge in [0.15, 0.2) is 0 Å². The van der Waals surface area contributed by atoms with Crippen molar-refractivity contribution < 1.29 is 19.1 Å². The van der Waals surface area contributed by atoms with E-state index >= 15 is 0 Å². The minimum atomic E-state index is -1.14. The Hall–Kier alpha value is -1.78. The van der Waals surface area contributed by atoms with E-state index in [4.69, 9.17) is 9.52 Å². The van der Waals surface area contributed by atoms with Crippen LogP contribution in [0.5, 0.6) is 0 Å². The van der Waals surface area contributed by atoms with Gasteiger partial charge in [0, 0.05) is 0 Å². The van der Waals surface area contributed by atoms with Crippen molar-refractivity contribution in [2.45, 2.75) is 19.9 Å². The number of rotatable bonds is 4. The van der Waals surface area contributed by atoms with Crippen LogP contribution >= 0.6 is 0 Å². The third-order valence-electron chi connectivity index (χ3n) is 2.09. The number of carboxylic acids is 1. The SMILES string of the molecule is CC(C(=O)O)C(=O)NC(C)c1ccco1. The highest BCUT2D eigenvalue weighted by atomic mass is 16.4.